The number of nitrogens with one attached hydrogen (secondary N) is 1. The van der Waals surface area contributed by atoms with E-state index >= 15 is 0 Å². The van der Waals surface area contributed by atoms with Crippen LogP contribution >= 0.6 is 0 Å². The number of hydrogen-bond acceptors (Lipinski definition) is 2. The van der Waals surface area contributed by atoms with E-state index in [2.05, 4.69) is 5.32 Å². The molecule has 2 atom stereocenters. The summed E-state index contributed by atoms with van der Waals surface area (Å²) in [7, 11) is 0. The summed E-state index contributed by atoms with van der Waals surface area (Å²) in [6.07, 6.45) is 5.38. The Kier molecular flexibility index (Phi) is 5.35. The van der Waals surface area contributed by atoms with Crippen LogP contribution < -0.4 is 5.32 Å². The van der Waals surface area contributed by atoms with E-state index in [4.69, 9.17) is 4.74 Å². The molecule has 1 aliphatic heterocycles. The fraction of sp³-hybridized carbons (Fsp3) is 1.00. The van der Waals surface area contributed by atoms with E-state index in [-0.39, 0.29) is 17.6 Å². The van der Waals surface area contributed by atoms with Gasteiger partial charge in [-0.1, -0.05) is 26.2 Å². The number of rotatable bonds is 5. The highest BCUT2D eigenvalue weighted by molar-refractivity contribution is 4.91. The first-order chi connectivity index (χ1) is 9.39. The van der Waals surface area contributed by atoms with Gasteiger partial charge in [-0.15, -0.1) is 0 Å². The highest BCUT2D eigenvalue weighted by Crippen LogP contribution is 2.43. The van der Waals surface area contributed by atoms with Crippen molar-refractivity contribution in [3.05, 3.63) is 0 Å². The van der Waals surface area contributed by atoms with Gasteiger partial charge < -0.3 is 10.1 Å². The lowest BCUT2D eigenvalue weighted by molar-refractivity contribution is -0.125. The molecule has 1 saturated carbocycles. The monoisotopic (exact) mass is 293 g/mol. The van der Waals surface area contributed by atoms with Gasteiger partial charge in [0.2, 0.25) is 0 Å². The van der Waals surface area contributed by atoms with E-state index in [0.717, 1.165) is 19.3 Å². The molecule has 0 aromatic carbocycles. The molecule has 1 N–H and O–H groups in total. The van der Waals surface area contributed by atoms with Crippen molar-refractivity contribution in [2.45, 2.75) is 76.2 Å². The zero-order valence-corrected chi connectivity index (χ0v) is 12.3. The van der Waals surface area contributed by atoms with Crippen LogP contribution in [0.1, 0.15) is 58.3 Å². The Labute approximate surface area is 119 Å². The van der Waals surface area contributed by atoms with Crippen molar-refractivity contribution >= 4 is 0 Å². The minimum atomic E-state index is -4.12. The second-order valence-corrected chi connectivity index (χ2v) is 6.61. The third-order valence-electron chi connectivity index (χ3n) is 4.59. The lowest BCUT2D eigenvalue weighted by Crippen LogP contribution is -2.34. The molecule has 20 heavy (non-hydrogen) atoms. The number of halogens is 3. The second-order valence-electron chi connectivity index (χ2n) is 6.61. The summed E-state index contributed by atoms with van der Waals surface area (Å²) < 4.78 is 42.4. The van der Waals surface area contributed by atoms with Crippen molar-refractivity contribution in [3.63, 3.8) is 0 Å². The minimum absolute atomic E-state index is 0.113. The molecule has 0 aromatic heterocycles. The van der Waals surface area contributed by atoms with E-state index in [1.54, 1.807) is 0 Å². The molecule has 5 heteroatoms. The number of ether oxygens (including phenoxy) is 1. The summed E-state index contributed by atoms with van der Waals surface area (Å²) in [6, 6.07) is 0. The fourth-order valence-electron chi connectivity index (χ4n) is 3.62. The average molecular weight is 293 g/mol. The maximum absolute atomic E-state index is 12.1. The normalized spacial score (nSPS) is 27.9. The fourth-order valence-corrected chi connectivity index (χ4v) is 3.62. The lowest BCUT2D eigenvalue weighted by atomic mass is 9.83. The standard InChI is InChI=1S/C15H26F3NO/c1-12(10-19-11-15(16,17)18)9-13-5-8-14(20-13)6-3-2-4-7-14/h12-13,19H,2-11H2,1H3. The maximum atomic E-state index is 12.1. The molecule has 118 valence electrons. The summed E-state index contributed by atoms with van der Waals surface area (Å²) in [6.45, 7) is 1.51. The van der Waals surface area contributed by atoms with Gasteiger partial charge in [-0.3, -0.25) is 0 Å². The molecule has 2 unspecified atom stereocenters. The van der Waals surface area contributed by atoms with Gasteiger partial charge in [0.25, 0.3) is 0 Å². The van der Waals surface area contributed by atoms with Crippen molar-refractivity contribution in [3.8, 4) is 0 Å². The summed E-state index contributed by atoms with van der Waals surface area (Å²) in [5.74, 6) is 0.223. The largest absolute Gasteiger partial charge is 0.401 e. The molecule has 1 aliphatic carbocycles. The SMILES string of the molecule is CC(CNCC(F)(F)F)CC1CCC2(CCCCC2)O1. The van der Waals surface area contributed by atoms with Crippen LogP contribution in [0.5, 0.6) is 0 Å². The zero-order chi connectivity index (χ0) is 14.6. The van der Waals surface area contributed by atoms with Gasteiger partial charge in [0.05, 0.1) is 18.2 Å². The third kappa shape index (κ3) is 4.92. The van der Waals surface area contributed by atoms with Crippen LogP contribution in [-0.4, -0.2) is 31.0 Å². The molecule has 0 aromatic rings. The highest BCUT2D eigenvalue weighted by Gasteiger charge is 2.40. The van der Waals surface area contributed by atoms with E-state index in [1.165, 1.54) is 32.1 Å². The molecule has 1 spiro atoms. The van der Waals surface area contributed by atoms with Gasteiger partial charge in [-0.25, -0.2) is 0 Å². The van der Waals surface area contributed by atoms with Gasteiger partial charge in [0, 0.05) is 0 Å². The molecule has 0 amide bonds. The minimum Gasteiger partial charge on any atom is -0.372 e. The predicted molar refractivity (Wildman–Crippen MR) is 72.6 cm³/mol. The molecule has 1 heterocycles. The van der Waals surface area contributed by atoms with E-state index in [1.807, 2.05) is 6.92 Å². The molecule has 0 radical (unpaired) electrons. The van der Waals surface area contributed by atoms with E-state index in [0.29, 0.717) is 6.54 Å². The van der Waals surface area contributed by atoms with Crippen molar-refractivity contribution in [1.29, 1.82) is 0 Å². The Morgan fingerprint density at radius 3 is 2.55 bits per heavy atom. The Balaban J connectivity index is 1.66. The summed E-state index contributed by atoms with van der Waals surface area (Å²) in [5.41, 5.74) is 0.113. The first-order valence-electron chi connectivity index (χ1n) is 7.84. The first-order valence-corrected chi connectivity index (χ1v) is 7.84. The van der Waals surface area contributed by atoms with Crippen LogP contribution in [0, 0.1) is 5.92 Å². The topological polar surface area (TPSA) is 21.3 Å². The zero-order valence-electron chi connectivity index (χ0n) is 12.3. The van der Waals surface area contributed by atoms with Gasteiger partial charge in [0.15, 0.2) is 0 Å². The first kappa shape index (κ1) is 16.1. The van der Waals surface area contributed by atoms with Crippen LogP contribution in [0.2, 0.25) is 0 Å². The van der Waals surface area contributed by atoms with Gasteiger partial charge >= 0.3 is 6.18 Å². The summed E-state index contributed by atoms with van der Waals surface area (Å²) >= 11 is 0. The predicted octanol–water partition coefficient (Wildman–Crippen LogP) is 4.05. The highest BCUT2D eigenvalue weighted by atomic mass is 19.4. The molecular formula is C15H26F3NO. The Bertz CT molecular complexity index is 300. The van der Waals surface area contributed by atoms with Gasteiger partial charge in [-0.2, -0.15) is 13.2 Å². The van der Waals surface area contributed by atoms with Crippen molar-refractivity contribution in [2.75, 3.05) is 13.1 Å². The number of hydrogen-bond donors (Lipinski definition) is 1. The van der Waals surface area contributed by atoms with Crippen molar-refractivity contribution in [1.82, 2.24) is 5.32 Å². The van der Waals surface area contributed by atoms with Crippen molar-refractivity contribution < 1.29 is 17.9 Å². The van der Waals surface area contributed by atoms with Crippen LogP contribution in [0.4, 0.5) is 13.2 Å². The smallest absolute Gasteiger partial charge is 0.372 e. The van der Waals surface area contributed by atoms with Gasteiger partial charge in [0.1, 0.15) is 0 Å². The second kappa shape index (κ2) is 6.65. The van der Waals surface area contributed by atoms with Crippen LogP contribution in [0.3, 0.4) is 0 Å². The Morgan fingerprint density at radius 2 is 1.90 bits per heavy atom. The Morgan fingerprint density at radius 1 is 1.20 bits per heavy atom. The molecule has 2 nitrogen and oxygen atoms in total. The molecular weight excluding hydrogens is 267 g/mol. The quantitative estimate of drug-likeness (QED) is 0.826. The van der Waals surface area contributed by atoms with Crippen LogP contribution in [-0.2, 0) is 4.74 Å². The molecule has 1 saturated heterocycles. The maximum Gasteiger partial charge on any atom is 0.401 e. The Hall–Kier alpha value is -0.290. The average Bonchev–Trinajstić information content (AvgIpc) is 2.71. The van der Waals surface area contributed by atoms with Crippen molar-refractivity contribution in [2.24, 2.45) is 5.92 Å². The third-order valence-corrected chi connectivity index (χ3v) is 4.59. The van der Waals surface area contributed by atoms with E-state index < -0.39 is 12.7 Å². The van der Waals surface area contributed by atoms with Crippen LogP contribution in [0.15, 0.2) is 0 Å². The molecule has 2 rings (SSSR count). The molecule has 0 bridgehead atoms. The molecule has 2 aliphatic rings. The summed E-state index contributed by atoms with van der Waals surface area (Å²) in [5, 5.41) is 2.49. The molecule has 2 fully saturated rings. The number of alkyl halides is 3. The lowest BCUT2D eigenvalue weighted by Gasteiger charge is -2.33. The summed E-state index contributed by atoms with van der Waals surface area (Å²) in [4.78, 5) is 0. The van der Waals surface area contributed by atoms with Crippen LogP contribution in [0.25, 0.3) is 0 Å². The van der Waals surface area contributed by atoms with Gasteiger partial charge in [-0.05, 0) is 44.6 Å². The van der Waals surface area contributed by atoms with E-state index in [9.17, 15) is 13.2 Å².